The van der Waals surface area contributed by atoms with Gasteiger partial charge in [0.2, 0.25) is 0 Å². The summed E-state index contributed by atoms with van der Waals surface area (Å²) < 4.78 is 4.77. The lowest BCUT2D eigenvalue weighted by molar-refractivity contribution is -0.144. The third-order valence-corrected chi connectivity index (χ3v) is 1.96. The first-order valence-electron chi connectivity index (χ1n) is 4.24. The molecule has 12 heavy (non-hydrogen) atoms. The zero-order valence-electron chi connectivity index (χ0n) is 7.19. The van der Waals surface area contributed by atoms with Crippen LogP contribution in [0.15, 0.2) is 12.2 Å². The molecular weight excluding hydrogens is 156 g/mol. The highest BCUT2D eigenvalue weighted by atomic mass is 16.5. The second kappa shape index (κ2) is 4.26. The first kappa shape index (κ1) is 9.26. The summed E-state index contributed by atoms with van der Waals surface area (Å²) in [6.07, 6.45) is 4.33. The summed E-state index contributed by atoms with van der Waals surface area (Å²) in [6, 6.07) is 0. The number of hydrogen-bond acceptors (Lipinski definition) is 3. The largest absolute Gasteiger partial charge is 0.466 e. The van der Waals surface area contributed by atoms with Crippen LogP contribution in [0.25, 0.3) is 0 Å². The smallest absolute Gasteiger partial charge is 0.306 e. The molecule has 0 aliphatic heterocycles. The Balaban J connectivity index is 2.30. The van der Waals surface area contributed by atoms with Crippen LogP contribution in [0.5, 0.6) is 0 Å². The third kappa shape index (κ3) is 2.34. The van der Waals surface area contributed by atoms with Crippen LogP contribution in [-0.2, 0) is 9.53 Å². The Hall–Kier alpha value is -0.830. The van der Waals surface area contributed by atoms with Crippen molar-refractivity contribution < 1.29 is 14.6 Å². The molecule has 0 spiro atoms. The second-order valence-electron chi connectivity index (χ2n) is 2.90. The van der Waals surface area contributed by atoms with Crippen LogP contribution in [0, 0.1) is 5.92 Å². The van der Waals surface area contributed by atoms with Crippen LogP contribution >= 0.6 is 0 Å². The maximum atomic E-state index is 11.0. The first-order chi connectivity index (χ1) is 5.74. The molecule has 1 aliphatic carbocycles. The van der Waals surface area contributed by atoms with Crippen molar-refractivity contribution in [1.82, 2.24) is 0 Å². The molecule has 0 saturated heterocycles. The monoisotopic (exact) mass is 170 g/mol. The molecule has 2 atom stereocenters. The van der Waals surface area contributed by atoms with Gasteiger partial charge in [-0.2, -0.15) is 0 Å². The van der Waals surface area contributed by atoms with Crippen molar-refractivity contribution in [3.63, 3.8) is 0 Å². The van der Waals surface area contributed by atoms with Crippen molar-refractivity contribution in [2.24, 2.45) is 5.92 Å². The zero-order valence-corrected chi connectivity index (χ0v) is 7.19. The van der Waals surface area contributed by atoms with E-state index >= 15 is 0 Å². The SMILES string of the molecule is CCOC(=O)C[C@@H]1C=CC[C@@H]1O. The van der Waals surface area contributed by atoms with E-state index in [-0.39, 0.29) is 11.9 Å². The van der Waals surface area contributed by atoms with Gasteiger partial charge in [0.05, 0.1) is 19.1 Å². The minimum Gasteiger partial charge on any atom is -0.466 e. The van der Waals surface area contributed by atoms with Crippen molar-refractivity contribution in [1.29, 1.82) is 0 Å². The standard InChI is InChI=1S/C9H14O3/c1-2-12-9(11)6-7-4-3-5-8(7)10/h3-4,7-8,10H,2,5-6H2,1H3/t7-,8-/m0/s1. The van der Waals surface area contributed by atoms with Gasteiger partial charge in [-0.1, -0.05) is 12.2 Å². The Kier molecular flexibility index (Phi) is 3.29. The Morgan fingerprint density at radius 3 is 3.00 bits per heavy atom. The maximum Gasteiger partial charge on any atom is 0.306 e. The number of hydrogen-bond donors (Lipinski definition) is 1. The van der Waals surface area contributed by atoms with Gasteiger partial charge in [0, 0.05) is 5.92 Å². The Morgan fingerprint density at radius 1 is 1.75 bits per heavy atom. The van der Waals surface area contributed by atoms with E-state index < -0.39 is 6.10 Å². The maximum absolute atomic E-state index is 11.0. The van der Waals surface area contributed by atoms with Crippen molar-refractivity contribution in [2.45, 2.75) is 25.9 Å². The average Bonchev–Trinajstić information content (AvgIpc) is 2.37. The van der Waals surface area contributed by atoms with Crippen LogP contribution in [0.2, 0.25) is 0 Å². The quantitative estimate of drug-likeness (QED) is 0.505. The van der Waals surface area contributed by atoms with E-state index in [1.807, 2.05) is 12.2 Å². The summed E-state index contributed by atoms with van der Waals surface area (Å²) >= 11 is 0. The number of carbonyl (C=O) groups excluding carboxylic acids is 1. The lowest BCUT2D eigenvalue weighted by atomic mass is 10.0. The second-order valence-corrected chi connectivity index (χ2v) is 2.90. The Bertz CT molecular complexity index is 186. The van der Waals surface area contributed by atoms with Crippen LogP contribution < -0.4 is 0 Å². The van der Waals surface area contributed by atoms with Gasteiger partial charge in [-0.25, -0.2) is 0 Å². The van der Waals surface area contributed by atoms with E-state index in [0.717, 1.165) is 0 Å². The number of ether oxygens (including phenoxy) is 1. The van der Waals surface area contributed by atoms with Crippen LogP contribution in [-0.4, -0.2) is 23.8 Å². The first-order valence-corrected chi connectivity index (χ1v) is 4.24. The van der Waals surface area contributed by atoms with E-state index in [1.54, 1.807) is 6.92 Å². The van der Waals surface area contributed by atoms with Gasteiger partial charge in [0.15, 0.2) is 0 Å². The fourth-order valence-electron chi connectivity index (χ4n) is 1.31. The summed E-state index contributed by atoms with van der Waals surface area (Å²) in [5, 5.41) is 9.34. The molecule has 1 aliphatic rings. The molecule has 0 aromatic carbocycles. The predicted molar refractivity (Wildman–Crippen MR) is 44.5 cm³/mol. The van der Waals surface area contributed by atoms with Gasteiger partial charge in [-0.05, 0) is 13.3 Å². The van der Waals surface area contributed by atoms with Gasteiger partial charge in [-0.15, -0.1) is 0 Å². The van der Waals surface area contributed by atoms with Crippen LogP contribution in [0.4, 0.5) is 0 Å². The highest BCUT2D eigenvalue weighted by Crippen LogP contribution is 2.21. The van der Waals surface area contributed by atoms with E-state index in [9.17, 15) is 9.90 Å². The molecule has 1 rings (SSSR count). The van der Waals surface area contributed by atoms with Gasteiger partial charge in [0.1, 0.15) is 0 Å². The molecule has 3 nitrogen and oxygen atoms in total. The molecule has 0 aromatic heterocycles. The lowest BCUT2D eigenvalue weighted by Gasteiger charge is -2.11. The van der Waals surface area contributed by atoms with Gasteiger partial charge in [0.25, 0.3) is 0 Å². The normalized spacial score (nSPS) is 27.5. The summed E-state index contributed by atoms with van der Waals surface area (Å²) in [5.74, 6) is -0.267. The number of carbonyl (C=O) groups is 1. The molecule has 0 bridgehead atoms. The van der Waals surface area contributed by atoms with Gasteiger partial charge in [-0.3, -0.25) is 4.79 Å². The Morgan fingerprint density at radius 2 is 2.50 bits per heavy atom. The van der Waals surface area contributed by atoms with E-state index in [0.29, 0.717) is 19.4 Å². The number of esters is 1. The summed E-state index contributed by atoms with van der Waals surface area (Å²) in [5.41, 5.74) is 0. The number of rotatable bonds is 3. The minimum absolute atomic E-state index is 0.0379. The Labute approximate surface area is 72.0 Å². The van der Waals surface area contributed by atoms with Crippen molar-refractivity contribution in [3.8, 4) is 0 Å². The summed E-state index contributed by atoms with van der Waals surface area (Å²) in [6.45, 7) is 2.18. The van der Waals surface area contributed by atoms with Gasteiger partial charge >= 0.3 is 5.97 Å². The summed E-state index contributed by atoms with van der Waals surface area (Å²) in [7, 11) is 0. The molecule has 3 heteroatoms. The fourth-order valence-corrected chi connectivity index (χ4v) is 1.31. The molecular formula is C9H14O3. The minimum atomic E-state index is -0.394. The molecule has 68 valence electrons. The van der Waals surface area contributed by atoms with Crippen molar-refractivity contribution >= 4 is 5.97 Å². The van der Waals surface area contributed by atoms with E-state index in [4.69, 9.17) is 4.74 Å². The fraction of sp³-hybridized carbons (Fsp3) is 0.667. The van der Waals surface area contributed by atoms with Crippen LogP contribution in [0.1, 0.15) is 19.8 Å². The predicted octanol–water partition coefficient (Wildman–Crippen LogP) is 0.877. The topological polar surface area (TPSA) is 46.5 Å². The molecule has 0 radical (unpaired) electrons. The zero-order chi connectivity index (χ0) is 8.97. The van der Waals surface area contributed by atoms with E-state index in [2.05, 4.69) is 0 Å². The third-order valence-electron chi connectivity index (χ3n) is 1.96. The molecule has 0 saturated carbocycles. The number of aliphatic hydroxyl groups is 1. The highest BCUT2D eigenvalue weighted by molar-refractivity contribution is 5.70. The molecule has 0 unspecified atom stereocenters. The van der Waals surface area contributed by atoms with Crippen molar-refractivity contribution in [2.75, 3.05) is 6.61 Å². The van der Waals surface area contributed by atoms with Crippen molar-refractivity contribution in [3.05, 3.63) is 12.2 Å². The van der Waals surface area contributed by atoms with E-state index in [1.165, 1.54) is 0 Å². The summed E-state index contributed by atoms with van der Waals surface area (Å²) in [4.78, 5) is 11.0. The van der Waals surface area contributed by atoms with Gasteiger partial charge < -0.3 is 9.84 Å². The molecule has 1 N–H and O–H groups in total. The molecule has 0 fully saturated rings. The number of aliphatic hydroxyl groups excluding tert-OH is 1. The molecule has 0 aromatic rings. The highest BCUT2D eigenvalue weighted by Gasteiger charge is 2.23. The molecule has 0 amide bonds. The van der Waals surface area contributed by atoms with Crippen LogP contribution in [0.3, 0.4) is 0 Å². The lowest BCUT2D eigenvalue weighted by Crippen LogP contribution is -2.18. The molecule has 0 heterocycles. The average molecular weight is 170 g/mol.